The molecule has 8 amide bonds. The highest BCUT2D eigenvalue weighted by molar-refractivity contribution is 8.16. The minimum Gasteiger partial charge on any atom is -0.461 e. The average molecular weight is 1140 g/mol. The lowest BCUT2D eigenvalue weighted by Crippen LogP contribution is -2.61. The van der Waals surface area contributed by atoms with E-state index in [0.29, 0.717) is 28.5 Å². The van der Waals surface area contributed by atoms with E-state index in [1.165, 1.54) is 54.4 Å². The van der Waals surface area contributed by atoms with Gasteiger partial charge >= 0.3 is 11.9 Å². The Kier molecular flexibility index (Phi) is 20.9. The van der Waals surface area contributed by atoms with E-state index in [4.69, 9.17) is 9.47 Å². The molecule has 2 aliphatic rings. The lowest BCUT2D eigenvalue weighted by Gasteiger charge is -2.40. The van der Waals surface area contributed by atoms with Crippen molar-refractivity contribution < 1.29 is 57.4 Å². The number of carbonyl (C=O) groups is 10. The summed E-state index contributed by atoms with van der Waals surface area (Å²) in [6.45, 7) is 10.00. The molecule has 80 heavy (non-hydrogen) atoms. The van der Waals surface area contributed by atoms with E-state index in [0.717, 1.165) is 43.1 Å². The van der Waals surface area contributed by atoms with Gasteiger partial charge in [0.1, 0.15) is 72.9 Å². The van der Waals surface area contributed by atoms with Crippen LogP contribution in [0, 0.1) is 17.8 Å². The first-order valence-electron chi connectivity index (χ1n) is 26.1. The number of likely N-dealkylation sites (N-methyl/N-ethyl adjacent to an activating group) is 4. The smallest absolute Gasteiger partial charge is 0.329 e. The van der Waals surface area contributed by atoms with Gasteiger partial charge in [0, 0.05) is 33.9 Å². The first-order chi connectivity index (χ1) is 37.9. The predicted molar refractivity (Wildman–Crippen MR) is 298 cm³/mol. The predicted octanol–water partition coefficient (Wildman–Crippen LogP) is 1.66. The molecule has 0 radical (unpaired) electrons. The number of thioether (sulfide) groups is 2. The first-order valence-corrected chi connectivity index (χ1v) is 28.4. The Labute approximate surface area is 472 Å². The van der Waals surface area contributed by atoms with Gasteiger partial charge in [-0.25, -0.2) is 19.6 Å². The molecule has 2 aliphatic heterocycles. The molecule has 4 N–H and O–H groups in total. The molecular formula is C54H70N12O12S2. The normalized spacial score (nSPS) is 25.6. The molecule has 0 saturated carbocycles. The Balaban J connectivity index is 1.46. The maximum absolute atomic E-state index is 15.4. The van der Waals surface area contributed by atoms with Crippen molar-refractivity contribution in [3.63, 3.8) is 0 Å². The number of amides is 8. The van der Waals surface area contributed by atoms with Crippen LogP contribution in [0.25, 0.3) is 22.1 Å². The van der Waals surface area contributed by atoms with E-state index in [1.54, 1.807) is 75.6 Å². The number of rotatable bonds is 9. The molecule has 24 nitrogen and oxygen atoms in total. The van der Waals surface area contributed by atoms with Gasteiger partial charge in [-0.1, -0.05) is 65.3 Å². The van der Waals surface area contributed by atoms with Gasteiger partial charge < -0.3 is 50.3 Å². The van der Waals surface area contributed by atoms with Crippen LogP contribution in [0.5, 0.6) is 0 Å². The Bertz CT molecular complexity index is 3010. The highest BCUT2D eigenvalue weighted by Gasteiger charge is 2.46. The van der Waals surface area contributed by atoms with E-state index in [2.05, 4.69) is 41.2 Å². The van der Waals surface area contributed by atoms with Gasteiger partial charge in [0.2, 0.25) is 35.4 Å². The van der Waals surface area contributed by atoms with E-state index in [-0.39, 0.29) is 23.1 Å². The van der Waals surface area contributed by atoms with Crippen LogP contribution in [-0.2, 0) is 47.8 Å². The maximum Gasteiger partial charge on any atom is 0.329 e. The summed E-state index contributed by atoms with van der Waals surface area (Å²) in [5, 5.41) is 10.3. The van der Waals surface area contributed by atoms with Crippen molar-refractivity contribution in [1.82, 2.24) is 60.8 Å². The molecule has 430 valence electrons. The molecule has 0 spiro atoms. The maximum atomic E-state index is 15.4. The van der Waals surface area contributed by atoms with Crippen LogP contribution in [0.1, 0.15) is 75.9 Å². The zero-order valence-electron chi connectivity index (χ0n) is 46.8. The van der Waals surface area contributed by atoms with E-state index in [9.17, 15) is 38.4 Å². The Morgan fingerprint density at radius 2 is 1.09 bits per heavy atom. The SMILES string of the molecule is CCC(C)[C@H]1C(=O)OC[C@@H](NC(=O)c2cnc3ccccc3n2)C(=O)N[C@@H](C)C(=O)N(C)[C@H]2CS[C@H](SC)[C@@H](C(=O)N1C)N(C)C(=O)[C@@H](C)NC(=O)[C@H](NC(=O)c1cnc3ccccc3n1)COC(=O)[C@H](C(C)C(C)C)N(C)C2=O. The molecule has 2 bridgehead atoms. The third-order valence-electron chi connectivity index (χ3n) is 14.6. The molecule has 2 saturated heterocycles. The number of hydrogen-bond acceptors (Lipinski definition) is 18. The van der Waals surface area contributed by atoms with Crippen molar-refractivity contribution in [2.45, 2.75) is 108 Å². The fourth-order valence-electron chi connectivity index (χ4n) is 9.21. The van der Waals surface area contributed by atoms with Crippen molar-refractivity contribution >= 4 is 105 Å². The van der Waals surface area contributed by atoms with Gasteiger partial charge in [-0.3, -0.25) is 48.3 Å². The summed E-state index contributed by atoms with van der Waals surface area (Å²) in [5.74, 6) is -10.5. The van der Waals surface area contributed by atoms with Crippen molar-refractivity contribution in [3.8, 4) is 0 Å². The summed E-state index contributed by atoms with van der Waals surface area (Å²) in [6.07, 6.45) is 4.42. The van der Waals surface area contributed by atoms with Crippen molar-refractivity contribution in [2.75, 3.05) is 53.4 Å². The average Bonchev–Trinajstić information content (AvgIpc) is 3.49. The van der Waals surface area contributed by atoms with Crippen molar-refractivity contribution in [2.24, 2.45) is 17.8 Å². The minimum absolute atomic E-state index is 0.179. The quantitative estimate of drug-likeness (QED) is 0.173. The number of fused-ring (bicyclic) bond motifs is 6. The Hall–Kier alpha value is -7.48. The third-order valence-corrected chi connectivity index (χ3v) is 17.4. The number of para-hydroxylation sites is 4. The molecule has 2 unspecified atom stereocenters. The summed E-state index contributed by atoms with van der Waals surface area (Å²) < 4.78 is 10.7. The van der Waals surface area contributed by atoms with Crippen LogP contribution in [0.15, 0.2) is 60.9 Å². The van der Waals surface area contributed by atoms with E-state index >= 15 is 9.59 Å². The fraction of sp³-hybridized carbons (Fsp3) is 0.519. The zero-order valence-corrected chi connectivity index (χ0v) is 48.5. The second-order valence-corrected chi connectivity index (χ2v) is 22.8. The van der Waals surface area contributed by atoms with Crippen molar-refractivity contribution in [1.29, 1.82) is 0 Å². The van der Waals surface area contributed by atoms with Gasteiger partial charge in [-0.05, 0) is 62.1 Å². The number of carbonyl (C=O) groups excluding carboxylic acids is 10. The molecule has 4 aromatic rings. The molecule has 4 heterocycles. The number of esters is 2. The molecule has 6 rings (SSSR count). The fourth-order valence-corrected chi connectivity index (χ4v) is 11.8. The largest absolute Gasteiger partial charge is 0.461 e. The standard InChI is InChI=1S/C54H70N12O12S2/c1-13-28(4)41-52(75)77-24-38(61-44(67)36-22-55-32-18-14-16-20-34(32)59-36)46(69)57-30(6)48(71)63(8)40-26-80-54(79-12)43(51(74)64(41)9)66(11)49(72)31(7)58-47(70)39(25-78-53(76)42(29(5)27(2)3)65(10)50(40)73)62-45(68)37-23-56-33-19-15-17-21-35(33)60-37/h14-23,27-31,38-43,54H,13,24-26H2,1-12H3,(H,57,69)(H,58,70)(H,61,67)(H,62,68)/t28?,29?,30-,31+,38+,39+,40-,41-,42-,43+,54-/m0/s1. The van der Waals surface area contributed by atoms with Gasteiger partial charge in [0.25, 0.3) is 11.8 Å². The van der Waals surface area contributed by atoms with Gasteiger partial charge in [-0.15, -0.1) is 23.5 Å². The number of nitrogens with one attached hydrogen (secondary N) is 4. The summed E-state index contributed by atoms with van der Waals surface area (Å²) >= 11 is 2.18. The van der Waals surface area contributed by atoms with E-state index in [1.807, 2.05) is 13.8 Å². The molecule has 11 atom stereocenters. The molecule has 2 aromatic heterocycles. The summed E-state index contributed by atoms with van der Waals surface area (Å²) in [4.78, 5) is 168. The molecule has 2 aromatic carbocycles. The number of benzene rings is 2. The topological polar surface area (TPSA) is 302 Å². The van der Waals surface area contributed by atoms with Crippen LogP contribution in [0.4, 0.5) is 0 Å². The number of aromatic nitrogens is 4. The van der Waals surface area contributed by atoms with E-state index < -0.39 is 137 Å². The lowest BCUT2D eigenvalue weighted by atomic mass is 9.89. The minimum atomic E-state index is -1.67. The van der Waals surface area contributed by atoms with Crippen LogP contribution in [0.3, 0.4) is 0 Å². The number of ether oxygens (including phenoxy) is 2. The van der Waals surface area contributed by atoms with Crippen LogP contribution >= 0.6 is 23.5 Å². The molecular weight excluding hydrogens is 1070 g/mol. The van der Waals surface area contributed by atoms with Gasteiger partial charge in [-0.2, -0.15) is 0 Å². The number of hydrogen-bond donors (Lipinski definition) is 4. The highest BCUT2D eigenvalue weighted by atomic mass is 32.2. The number of cyclic esters (lactones) is 2. The summed E-state index contributed by atoms with van der Waals surface area (Å²) in [6, 6.07) is 1.80. The van der Waals surface area contributed by atoms with Gasteiger partial charge in [0.15, 0.2) is 0 Å². The monoisotopic (exact) mass is 1140 g/mol. The van der Waals surface area contributed by atoms with Crippen LogP contribution in [-0.4, -0.2) is 205 Å². The molecule has 2 fully saturated rings. The van der Waals surface area contributed by atoms with Crippen LogP contribution < -0.4 is 21.3 Å². The highest BCUT2D eigenvalue weighted by Crippen LogP contribution is 2.33. The number of nitrogens with zero attached hydrogens (tertiary/aromatic N) is 8. The zero-order chi connectivity index (χ0) is 58.9. The summed E-state index contributed by atoms with van der Waals surface area (Å²) in [7, 11) is 5.40. The Morgan fingerprint density at radius 3 is 1.54 bits per heavy atom. The molecule has 0 aliphatic carbocycles. The first kappa shape index (κ1) is 61.7. The second-order valence-electron chi connectivity index (χ2n) is 20.3. The van der Waals surface area contributed by atoms with Crippen LogP contribution in [0.2, 0.25) is 0 Å². The third kappa shape index (κ3) is 14.1. The lowest BCUT2D eigenvalue weighted by molar-refractivity contribution is -0.161. The Morgan fingerprint density at radius 1 is 0.650 bits per heavy atom. The molecule has 26 heteroatoms. The summed E-state index contributed by atoms with van der Waals surface area (Å²) in [5.41, 5.74) is 1.39. The second kappa shape index (κ2) is 27.1. The van der Waals surface area contributed by atoms with Crippen molar-refractivity contribution in [3.05, 3.63) is 72.3 Å². The van der Waals surface area contributed by atoms with Gasteiger partial charge in [0.05, 0.1) is 39.0 Å².